The fourth-order valence-corrected chi connectivity index (χ4v) is 3.02. The van der Waals surface area contributed by atoms with Gasteiger partial charge in [-0.15, -0.1) is 0 Å². The van der Waals surface area contributed by atoms with Gasteiger partial charge < -0.3 is 15.5 Å². The van der Waals surface area contributed by atoms with E-state index < -0.39 is 0 Å². The van der Waals surface area contributed by atoms with Crippen LogP contribution in [0.3, 0.4) is 0 Å². The monoisotopic (exact) mass is 354 g/mol. The Bertz CT molecular complexity index is 487. The summed E-state index contributed by atoms with van der Waals surface area (Å²) in [5.41, 5.74) is 0.586. The van der Waals surface area contributed by atoms with E-state index >= 15 is 0 Å². The van der Waals surface area contributed by atoms with Gasteiger partial charge in [0.05, 0.1) is 5.56 Å². The van der Waals surface area contributed by atoms with Crippen molar-refractivity contribution >= 4 is 27.7 Å². The second kappa shape index (κ2) is 7.75. The number of nitrogens with zero attached hydrogens (tertiary/aromatic N) is 2. The van der Waals surface area contributed by atoms with Gasteiger partial charge in [0.15, 0.2) is 0 Å². The molecule has 0 unspecified atom stereocenters. The summed E-state index contributed by atoms with van der Waals surface area (Å²) in [6.45, 7) is 5.48. The number of likely N-dealkylation sites (tertiary alicyclic amines) is 1. The molecule has 1 aliphatic heterocycles. The maximum atomic E-state index is 12.4. The Hall–Kier alpha value is -1.14. The number of carbonyl (C=O) groups is 1. The number of halogens is 1. The second-order valence-corrected chi connectivity index (χ2v) is 6.30. The van der Waals surface area contributed by atoms with E-state index in [0.717, 1.165) is 36.9 Å². The Morgan fingerprint density at radius 2 is 2.19 bits per heavy atom. The number of hydrogen-bond donors (Lipinski definition) is 2. The number of aromatic nitrogens is 1. The molecule has 2 N–H and O–H groups in total. The zero-order valence-electron chi connectivity index (χ0n) is 12.7. The molecule has 0 aromatic carbocycles. The molecule has 2 heterocycles. The number of anilines is 1. The summed E-state index contributed by atoms with van der Waals surface area (Å²) in [5.74, 6) is 0.557. The normalized spacial score (nSPS) is 16.7. The largest absolute Gasteiger partial charge is 0.372 e. The van der Waals surface area contributed by atoms with Gasteiger partial charge in [0.1, 0.15) is 5.82 Å². The molecule has 5 nitrogen and oxygen atoms in total. The minimum Gasteiger partial charge on any atom is -0.372 e. The quantitative estimate of drug-likeness (QED) is 0.852. The summed E-state index contributed by atoms with van der Waals surface area (Å²) in [6, 6.07) is 2.06. The number of carbonyl (C=O) groups excluding carboxylic acids is 1. The van der Waals surface area contributed by atoms with E-state index in [0.29, 0.717) is 11.4 Å². The molecule has 0 spiro atoms. The standard InChI is InChI=1S/C15H23BrN4O/c1-3-6-20-7-4-12(5-8-20)19-15(21)13-9-11(16)10-18-14(13)17-2/h9-10,12H,3-8H2,1-2H3,(H,17,18)(H,19,21). The van der Waals surface area contributed by atoms with Gasteiger partial charge in [-0.3, -0.25) is 4.79 Å². The van der Waals surface area contributed by atoms with Gasteiger partial charge in [0.25, 0.3) is 5.91 Å². The molecule has 1 aliphatic rings. The Labute approximate surface area is 134 Å². The molecule has 1 aromatic heterocycles. The molecular weight excluding hydrogens is 332 g/mol. The fraction of sp³-hybridized carbons (Fsp3) is 0.600. The van der Waals surface area contributed by atoms with Gasteiger partial charge in [-0.2, -0.15) is 0 Å². The minimum atomic E-state index is -0.0536. The summed E-state index contributed by atoms with van der Waals surface area (Å²) in [4.78, 5) is 19.1. The summed E-state index contributed by atoms with van der Waals surface area (Å²) in [7, 11) is 1.77. The van der Waals surface area contributed by atoms with Crippen LogP contribution in [-0.4, -0.2) is 48.5 Å². The van der Waals surface area contributed by atoms with Crippen LogP contribution < -0.4 is 10.6 Å². The van der Waals surface area contributed by atoms with Crippen molar-refractivity contribution in [3.63, 3.8) is 0 Å². The third-order valence-electron chi connectivity index (χ3n) is 3.80. The van der Waals surface area contributed by atoms with Crippen molar-refractivity contribution in [1.82, 2.24) is 15.2 Å². The molecule has 1 fully saturated rings. The van der Waals surface area contributed by atoms with Crippen LogP contribution in [0, 0.1) is 0 Å². The number of amides is 1. The Morgan fingerprint density at radius 3 is 2.81 bits per heavy atom. The SMILES string of the molecule is CCCN1CCC(NC(=O)c2cc(Br)cnc2NC)CC1. The highest BCUT2D eigenvalue weighted by Gasteiger charge is 2.22. The third-order valence-corrected chi connectivity index (χ3v) is 4.23. The van der Waals surface area contributed by atoms with Crippen molar-refractivity contribution < 1.29 is 4.79 Å². The van der Waals surface area contributed by atoms with Crippen LogP contribution in [0.1, 0.15) is 36.5 Å². The summed E-state index contributed by atoms with van der Waals surface area (Å²) in [5, 5.41) is 6.10. The molecule has 1 amide bonds. The highest BCUT2D eigenvalue weighted by molar-refractivity contribution is 9.10. The van der Waals surface area contributed by atoms with Crippen LogP contribution in [0.2, 0.25) is 0 Å². The molecule has 0 radical (unpaired) electrons. The summed E-state index contributed by atoms with van der Waals surface area (Å²) >= 11 is 3.37. The average Bonchev–Trinajstić information content (AvgIpc) is 2.49. The molecule has 21 heavy (non-hydrogen) atoms. The third kappa shape index (κ3) is 4.41. The molecule has 0 aliphatic carbocycles. The zero-order chi connectivity index (χ0) is 15.2. The maximum absolute atomic E-state index is 12.4. The van der Waals surface area contributed by atoms with E-state index in [1.165, 1.54) is 6.42 Å². The first kappa shape index (κ1) is 16.2. The lowest BCUT2D eigenvalue weighted by molar-refractivity contribution is 0.0911. The van der Waals surface area contributed by atoms with Gasteiger partial charge >= 0.3 is 0 Å². The first-order valence-corrected chi connectivity index (χ1v) is 8.29. The molecule has 0 saturated carbocycles. The van der Waals surface area contributed by atoms with E-state index in [-0.39, 0.29) is 11.9 Å². The highest BCUT2D eigenvalue weighted by Crippen LogP contribution is 2.18. The lowest BCUT2D eigenvalue weighted by Crippen LogP contribution is -2.44. The van der Waals surface area contributed by atoms with Gasteiger partial charge in [-0.1, -0.05) is 6.92 Å². The van der Waals surface area contributed by atoms with E-state index in [4.69, 9.17) is 0 Å². The average molecular weight is 355 g/mol. The van der Waals surface area contributed by atoms with Crippen molar-refractivity contribution in [1.29, 1.82) is 0 Å². The van der Waals surface area contributed by atoms with Crippen LogP contribution >= 0.6 is 15.9 Å². The number of nitrogens with one attached hydrogen (secondary N) is 2. The van der Waals surface area contributed by atoms with E-state index in [9.17, 15) is 4.79 Å². The van der Waals surface area contributed by atoms with Crippen LogP contribution in [0.15, 0.2) is 16.7 Å². The van der Waals surface area contributed by atoms with Crippen molar-refractivity contribution in [3.8, 4) is 0 Å². The molecule has 1 aromatic rings. The Morgan fingerprint density at radius 1 is 1.48 bits per heavy atom. The number of piperidine rings is 1. The van der Waals surface area contributed by atoms with Crippen molar-refractivity contribution in [2.45, 2.75) is 32.2 Å². The molecule has 6 heteroatoms. The molecule has 116 valence electrons. The smallest absolute Gasteiger partial charge is 0.255 e. The number of rotatable bonds is 5. The Kier molecular flexibility index (Phi) is 5.99. The van der Waals surface area contributed by atoms with Crippen molar-refractivity contribution in [2.75, 3.05) is 32.0 Å². The van der Waals surface area contributed by atoms with Gasteiger partial charge in [0, 0.05) is 36.8 Å². The minimum absolute atomic E-state index is 0.0536. The topological polar surface area (TPSA) is 57.3 Å². The van der Waals surface area contributed by atoms with Crippen LogP contribution in [0.4, 0.5) is 5.82 Å². The van der Waals surface area contributed by atoms with Crippen molar-refractivity contribution in [3.05, 3.63) is 22.3 Å². The Balaban J connectivity index is 1.95. The van der Waals surface area contributed by atoms with Gasteiger partial charge in [-0.25, -0.2) is 4.98 Å². The molecule has 2 rings (SSSR count). The highest BCUT2D eigenvalue weighted by atomic mass is 79.9. The van der Waals surface area contributed by atoms with Crippen molar-refractivity contribution in [2.24, 2.45) is 0 Å². The predicted octanol–water partition coefficient (Wildman–Crippen LogP) is 2.49. The molecule has 0 bridgehead atoms. The lowest BCUT2D eigenvalue weighted by atomic mass is 10.0. The van der Waals surface area contributed by atoms with E-state index in [2.05, 4.69) is 43.4 Å². The first-order chi connectivity index (χ1) is 10.1. The van der Waals surface area contributed by atoms with E-state index in [1.807, 2.05) is 0 Å². The fourth-order valence-electron chi connectivity index (χ4n) is 2.69. The van der Waals surface area contributed by atoms with Crippen LogP contribution in [0.25, 0.3) is 0 Å². The van der Waals surface area contributed by atoms with Crippen LogP contribution in [-0.2, 0) is 0 Å². The summed E-state index contributed by atoms with van der Waals surface area (Å²) < 4.78 is 0.810. The summed E-state index contributed by atoms with van der Waals surface area (Å²) in [6.07, 6.45) is 4.90. The molecule has 0 atom stereocenters. The number of pyridine rings is 1. The lowest BCUT2D eigenvalue weighted by Gasteiger charge is -2.32. The van der Waals surface area contributed by atoms with Gasteiger partial charge in [0.2, 0.25) is 0 Å². The number of hydrogen-bond acceptors (Lipinski definition) is 4. The molecular formula is C15H23BrN4O. The predicted molar refractivity (Wildman–Crippen MR) is 88.7 cm³/mol. The molecule has 1 saturated heterocycles. The second-order valence-electron chi connectivity index (χ2n) is 5.39. The first-order valence-electron chi connectivity index (χ1n) is 7.50. The van der Waals surface area contributed by atoms with Crippen LogP contribution in [0.5, 0.6) is 0 Å². The zero-order valence-corrected chi connectivity index (χ0v) is 14.2. The maximum Gasteiger partial charge on any atom is 0.255 e. The van der Waals surface area contributed by atoms with Gasteiger partial charge in [-0.05, 0) is 47.8 Å². The van der Waals surface area contributed by atoms with E-state index in [1.54, 1.807) is 19.3 Å².